The van der Waals surface area contributed by atoms with Crippen LogP contribution >= 0.6 is 0 Å². The Bertz CT molecular complexity index is 545. The predicted octanol–water partition coefficient (Wildman–Crippen LogP) is -0.240. The van der Waals surface area contributed by atoms with Crippen molar-refractivity contribution in [3.63, 3.8) is 0 Å². The minimum absolute atomic E-state index is 0.0768. The largest absolute Gasteiger partial charge is 0.383 e. The van der Waals surface area contributed by atoms with Crippen LogP contribution in [0.25, 0.3) is 0 Å². The summed E-state index contributed by atoms with van der Waals surface area (Å²) in [5.74, 6) is 0.0768. The first-order valence-electron chi connectivity index (χ1n) is 4.54. The molecule has 16 heavy (non-hydrogen) atoms. The molecule has 0 unspecified atom stereocenters. The molecule has 1 heterocycles. The lowest BCUT2D eigenvalue weighted by Crippen LogP contribution is -2.40. The van der Waals surface area contributed by atoms with Crippen molar-refractivity contribution in [3.8, 4) is 0 Å². The molecule has 0 aromatic carbocycles. The zero-order chi connectivity index (χ0) is 12.5. The highest BCUT2D eigenvalue weighted by Crippen LogP contribution is 2.15. The average molecular weight is 222 g/mol. The van der Waals surface area contributed by atoms with Gasteiger partial charge in [0, 0.05) is 26.5 Å². The van der Waals surface area contributed by atoms with E-state index in [9.17, 15) is 9.59 Å². The highest BCUT2D eigenvalue weighted by Gasteiger charge is 2.15. The summed E-state index contributed by atoms with van der Waals surface area (Å²) < 4.78 is 2.17. The van der Waals surface area contributed by atoms with Crippen LogP contribution in [0.1, 0.15) is 0 Å². The second kappa shape index (κ2) is 4.09. The summed E-state index contributed by atoms with van der Waals surface area (Å²) in [5, 5.41) is 0. The zero-order valence-electron chi connectivity index (χ0n) is 9.30. The van der Waals surface area contributed by atoms with E-state index in [1.54, 1.807) is 0 Å². The second-order valence-electron chi connectivity index (χ2n) is 3.21. The van der Waals surface area contributed by atoms with Crippen LogP contribution < -0.4 is 21.9 Å². The standard InChI is InChI=1S/C10H14N4O2/c1-5-14(6-2)7-8(11)12(3)10(16)13(4)9(7)15/h5-6H,1-2,11H2,3-4H3. The first kappa shape index (κ1) is 11.8. The van der Waals surface area contributed by atoms with E-state index in [1.165, 1.54) is 36.0 Å². The zero-order valence-corrected chi connectivity index (χ0v) is 9.30. The summed E-state index contributed by atoms with van der Waals surface area (Å²) in [6, 6.07) is 0. The summed E-state index contributed by atoms with van der Waals surface area (Å²) in [4.78, 5) is 24.8. The normalized spacial score (nSPS) is 9.88. The van der Waals surface area contributed by atoms with Crippen molar-refractivity contribution < 1.29 is 0 Å². The Morgan fingerprint density at radius 1 is 1.19 bits per heavy atom. The van der Waals surface area contributed by atoms with Crippen LogP contribution in [-0.2, 0) is 14.1 Å². The molecule has 0 bridgehead atoms. The van der Waals surface area contributed by atoms with Gasteiger partial charge in [0.05, 0.1) is 0 Å². The fourth-order valence-corrected chi connectivity index (χ4v) is 1.34. The number of aromatic nitrogens is 2. The number of hydrogen-bond acceptors (Lipinski definition) is 4. The van der Waals surface area contributed by atoms with Gasteiger partial charge in [0.15, 0.2) is 5.69 Å². The topological polar surface area (TPSA) is 73.3 Å². The van der Waals surface area contributed by atoms with Crippen molar-refractivity contribution in [3.05, 3.63) is 46.4 Å². The summed E-state index contributed by atoms with van der Waals surface area (Å²) >= 11 is 0. The Balaban J connectivity index is 3.77. The van der Waals surface area contributed by atoms with E-state index >= 15 is 0 Å². The molecule has 0 fully saturated rings. The monoisotopic (exact) mass is 222 g/mol. The minimum atomic E-state index is -0.486. The van der Waals surface area contributed by atoms with Crippen molar-refractivity contribution in [2.24, 2.45) is 14.1 Å². The molecule has 6 nitrogen and oxygen atoms in total. The maximum Gasteiger partial charge on any atom is 0.332 e. The van der Waals surface area contributed by atoms with Gasteiger partial charge in [-0.05, 0) is 0 Å². The Morgan fingerprint density at radius 3 is 2.12 bits per heavy atom. The molecule has 0 aliphatic heterocycles. The number of rotatable bonds is 3. The van der Waals surface area contributed by atoms with E-state index in [0.717, 1.165) is 4.57 Å². The maximum atomic E-state index is 11.9. The van der Waals surface area contributed by atoms with E-state index in [4.69, 9.17) is 5.73 Å². The van der Waals surface area contributed by atoms with Crippen molar-refractivity contribution in [2.45, 2.75) is 0 Å². The van der Waals surface area contributed by atoms with E-state index in [1.807, 2.05) is 0 Å². The molecule has 0 aliphatic carbocycles. The molecule has 0 aliphatic rings. The number of nitrogens with two attached hydrogens (primary N) is 1. The van der Waals surface area contributed by atoms with Crippen LogP contribution in [0.5, 0.6) is 0 Å². The lowest BCUT2D eigenvalue weighted by atomic mass is 10.4. The van der Waals surface area contributed by atoms with E-state index in [0.29, 0.717) is 0 Å². The van der Waals surface area contributed by atoms with Crippen LogP contribution in [0.15, 0.2) is 35.1 Å². The molecule has 0 radical (unpaired) electrons. The number of hydrogen-bond donors (Lipinski definition) is 1. The smallest absolute Gasteiger partial charge is 0.332 e. The van der Waals surface area contributed by atoms with Gasteiger partial charge in [-0.25, -0.2) is 4.79 Å². The van der Waals surface area contributed by atoms with Crippen molar-refractivity contribution in [2.75, 3.05) is 10.6 Å². The lowest BCUT2D eigenvalue weighted by molar-refractivity contribution is 0.694. The molecule has 1 rings (SSSR count). The minimum Gasteiger partial charge on any atom is -0.383 e. The van der Waals surface area contributed by atoms with E-state index < -0.39 is 11.2 Å². The van der Waals surface area contributed by atoms with Gasteiger partial charge in [0.1, 0.15) is 5.82 Å². The van der Waals surface area contributed by atoms with Gasteiger partial charge in [-0.2, -0.15) is 0 Å². The molecule has 1 aromatic heterocycles. The Kier molecular flexibility index (Phi) is 3.03. The first-order valence-corrected chi connectivity index (χ1v) is 4.54. The average Bonchev–Trinajstić information content (AvgIpc) is 2.29. The fourth-order valence-electron chi connectivity index (χ4n) is 1.34. The number of nitrogen functional groups attached to an aromatic ring is 1. The van der Waals surface area contributed by atoms with E-state index in [2.05, 4.69) is 13.2 Å². The highest BCUT2D eigenvalue weighted by atomic mass is 16.2. The molecule has 0 saturated carbocycles. The summed E-state index contributed by atoms with van der Waals surface area (Å²) in [7, 11) is 2.88. The van der Waals surface area contributed by atoms with Crippen LogP contribution in [0, 0.1) is 0 Å². The van der Waals surface area contributed by atoms with Crippen molar-refractivity contribution in [1.29, 1.82) is 0 Å². The number of nitrogens with zero attached hydrogens (tertiary/aromatic N) is 3. The van der Waals surface area contributed by atoms with Crippen LogP contribution in [0.2, 0.25) is 0 Å². The van der Waals surface area contributed by atoms with Gasteiger partial charge in [0.25, 0.3) is 5.56 Å². The van der Waals surface area contributed by atoms with Gasteiger partial charge in [-0.3, -0.25) is 13.9 Å². The Hall–Kier alpha value is -2.24. The molecular formula is C10H14N4O2. The fraction of sp³-hybridized carbons (Fsp3) is 0.200. The maximum absolute atomic E-state index is 11.9. The summed E-state index contributed by atoms with van der Waals surface area (Å²) in [6.45, 7) is 7.07. The van der Waals surface area contributed by atoms with Gasteiger partial charge in [-0.15, -0.1) is 0 Å². The molecule has 2 N–H and O–H groups in total. The lowest BCUT2D eigenvalue weighted by Gasteiger charge is -2.18. The third-order valence-corrected chi connectivity index (χ3v) is 2.34. The van der Waals surface area contributed by atoms with E-state index in [-0.39, 0.29) is 11.5 Å². The van der Waals surface area contributed by atoms with Gasteiger partial charge in [-0.1, -0.05) is 13.2 Å². The van der Waals surface area contributed by atoms with Gasteiger partial charge >= 0.3 is 5.69 Å². The molecule has 1 aromatic rings. The van der Waals surface area contributed by atoms with Crippen molar-refractivity contribution >= 4 is 11.5 Å². The van der Waals surface area contributed by atoms with Crippen LogP contribution in [0.4, 0.5) is 11.5 Å². The Morgan fingerprint density at radius 2 is 1.69 bits per heavy atom. The third kappa shape index (κ3) is 1.54. The molecule has 86 valence electrons. The molecule has 0 atom stereocenters. The SMILES string of the molecule is C=CN(C=C)c1c(N)n(C)c(=O)n(C)c1=O. The second-order valence-corrected chi connectivity index (χ2v) is 3.21. The molecule has 0 spiro atoms. The summed E-state index contributed by atoms with van der Waals surface area (Å²) in [6.07, 6.45) is 2.79. The van der Waals surface area contributed by atoms with Gasteiger partial charge < -0.3 is 10.6 Å². The molecule has 6 heteroatoms. The quantitative estimate of drug-likeness (QED) is 0.766. The third-order valence-electron chi connectivity index (χ3n) is 2.34. The number of anilines is 2. The highest BCUT2D eigenvalue weighted by molar-refractivity contribution is 5.65. The van der Waals surface area contributed by atoms with Crippen molar-refractivity contribution in [1.82, 2.24) is 9.13 Å². The first-order chi connectivity index (χ1) is 7.45. The van der Waals surface area contributed by atoms with Gasteiger partial charge in [0.2, 0.25) is 0 Å². The molecular weight excluding hydrogens is 208 g/mol. The molecule has 0 saturated heterocycles. The molecule has 0 amide bonds. The predicted molar refractivity (Wildman–Crippen MR) is 64.2 cm³/mol. The Labute approximate surface area is 92.5 Å². The van der Waals surface area contributed by atoms with Crippen LogP contribution in [-0.4, -0.2) is 9.13 Å². The summed E-state index contributed by atoms with van der Waals surface area (Å²) in [5.41, 5.74) is 4.92. The van der Waals surface area contributed by atoms with Crippen LogP contribution in [0.3, 0.4) is 0 Å².